The van der Waals surface area contributed by atoms with Gasteiger partial charge in [-0.1, -0.05) is 18.1 Å². The van der Waals surface area contributed by atoms with Crippen molar-refractivity contribution in [2.45, 2.75) is 0 Å². The van der Waals surface area contributed by atoms with Crippen LogP contribution in [0.1, 0.15) is 32.1 Å². The monoisotopic (exact) mass is 453 g/mol. The summed E-state index contributed by atoms with van der Waals surface area (Å²) < 4.78 is 0. The van der Waals surface area contributed by atoms with E-state index in [-0.39, 0.29) is 17.5 Å². The molecule has 0 fully saturated rings. The van der Waals surface area contributed by atoms with Crippen molar-refractivity contribution in [2.75, 3.05) is 10.6 Å². The average molecular weight is 453 g/mol. The van der Waals surface area contributed by atoms with Gasteiger partial charge in [0.25, 0.3) is 11.8 Å². The quantitative estimate of drug-likeness (QED) is 0.309. The first-order valence-corrected chi connectivity index (χ1v) is 10.7. The van der Waals surface area contributed by atoms with Crippen LogP contribution in [0, 0.1) is 11.8 Å². The summed E-state index contributed by atoms with van der Waals surface area (Å²) in [5.41, 5.74) is 2.93. The Balaban J connectivity index is 1.36. The number of nitrogens with one attached hydrogen (secondary N) is 4. The van der Waals surface area contributed by atoms with Gasteiger partial charge in [0.1, 0.15) is 16.9 Å². The van der Waals surface area contributed by atoms with Crippen LogP contribution in [0.25, 0.3) is 11.0 Å². The minimum Gasteiger partial charge on any atom is -0.331 e. The van der Waals surface area contributed by atoms with Gasteiger partial charge in [-0.05, 0) is 41.6 Å². The molecule has 0 saturated carbocycles. The number of aromatic amines is 2. The fourth-order valence-electron chi connectivity index (χ4n) is 3.06. The third kappa shape index (κ3) is 4.48. The highest BCUT2D eigenvalue weighted by molar-refractivity contribution is 7.08. The van der Waals surface area contributed by atoms with E-state index in [2.05, 4.69) is 47.4 Å². The van der Waals surface area contributed by atoms with Crippen LogP contribution in [0.3, 0.4) is 0 Å². The number of fused-ring (bicyclic) bond motifs is 1. The van der Waals surface area contributed by atoms with E-state index < -0.39 is 5.91 Å². The van der Waals surface area contributed by atoms with Crippen LogP contribution in [0.15, 0.2) is 65.6 Å². The van der Waals surface area contributed by atoms with Gasteiger partial charge in [-0.2, -0.15) is 11.3 Å². The number of H-pyrrole nitrogens is 2. The second-order valence-corrected chi connectivity index (χ2v) is 7.58. The van der Waals surface area contributed by atoms with E-state index in [0.29, 0.717) is 28.2 Å². The van der Waals surface area contributed by atoms with Crippen molar-refractivity contribution in [2.24, 2.45) is 0 Å². The second-order valence-electron chi connectivity index (χ2n) is 6.80. The average Bonchev–Trinajstić information content (AvgIpc) is 3.59. The molecule has 5 rings (SSSR count). The fraction of sp³-hybridized carbons (Fsp3) is 0. The number of rotatable bonds is 4. The number of pyridine rings is 1. The number of hydrogen-bond donors (Lipinski definition) is 4. The zero-order valence-corrected chi connectivity index (χ0v) is 17.7. The van der Waals surface area contributed by atoms with E-state index in [1.807, 2.05) is 16.8 Å². The molecule has 0 saturated heterocycles. The molecule has 9 nitrogen and oxygen atoms in total. The summed E-state index contributed by atoms with van der Waals surface area (Å²) in [5.74, 6) is 5.67. The van der Waals surface area contributed by atoms with Crippen molar-refractivity contribution in [3.05, 3.63) is 88.1 Å². The molecule has 0 aliphatic heterocycles. The Hall–Kier alpha value is -4.75. The summed E-state index contributed by atoms with van der Waals surface area (Å²) in [5, 5.41) is 9.24. The Kier molecular flexibility index (Phi) is 5.37. The number of imidazole rings is 2. The first-order chi connectivity index (χ1) is 16.2. The molecule has 0 aliphatic carbocycles. The molecule has 0 spiro atoms. The van der Waals surface area contributed by atoms with Gasteiger partial charge in [0.15, 0.2) is 0 Å². The van der Waals surface area contributed by atoms with E-state index in [4.69, 9.17) is 0 Å². The van der Waals surface area contributed by atoms with Gasteiger partial charge in [0, 0.05) is 23.3 Å². The second kappa shape index (κ2) is 8.78. The van der Waals surface area contributed by atoms with Crippen LogP contribution in [-0.4, -0.2) is 36.7 Å². The smallest absolute Gasteiger partial charge is 0.276 e. The molecule has 2 amide bonds. The Bertz CT molecular complexity index is 1510. The molecule has 160 valence electrons. The van der Waals surface area contributed by atoms with Gasteiger partial charge in [-0.3, -0.25) is 20.2 Å². The molecule has 10 heteroatoms. The van der Waals surface area contributed by atoms with Crippen LogP contribution >= 0.6 is 11.3 Å². The lowest BCUT2D eigenvalue weighted by Crippen LogP contribution is -2.15. The zero-order valence-electron chi connectivity index (χ0n) is 16.9. The predicted octanol–water partition coefficient (Wildman–Crippen LogP) is 3.65. The highest BCUT2D eigenvalue weighted by Crippen LogP contribution is 2.20. The lowest BCUT2D eigenvalue weighted by atomic mass is 10.2. The molecule has 0 bridgehead atoms. The molecule has 1 aromatic carbocycles. The molecule has 0 unspecified atom stereocenters. The molecule has 4 heterocycles. The van der Waals surface area contributed by atoms with Crippen LogP contribution in [-0.2, 0) is 0 Å². The van der Waals surface area contributed by atoms with Crippen molar-refractivity contribution >= 4 is 46.1 Å². The predicted molar refractivity (Wildman–Crippen MR) is 125 cm³/mol. The molecule has 0 radical (unpaired) electrons. The van der Waals surface area contributed by atoms with Crippen molar-refractivity contribution < 1.29 is 9.59 Å². The Morgan fingerprint density at radius 2 is 1.82 bits per heavy atom. The molecule has 0 atom stereocenters. The SMILES string of the molecule is O=C(Nc1nc2c(C(=O)Nc3ncc[nH]3)cccc2[nH]1)c1cccc(C#Cc2ccsc2)n1. The normalized spacial score (nSPS) is 10.4. The number of benzene rings is 1. The van der Waals surface area contributed by atoms with Crippen LogP contribution in [0.4, 0.5) is 11.9 Å². The number of nitrogens with zero attached hydrogens (tertiary/aromatic N) is 3. The molecular weight excluding hydrogens is 438 g/mol. The highest BCUT2D eigenvalue weighted by atomic mass is 32.1. The molecule has 0 aliphatic rings. The lowest BCUT2D eigenvalue weighted by Gasteiger charge is -2.02. The first kappa shape index (κ1) is 20.2. The van der Waals surface area contributed by atoms with E-state index in [1.54, 1.807) is 53.9 Å². The minimum absolute atomic E-state index is 0.198. The van der Waals surface area contributed by atoms with E-state index >= 15 is 0 Å². The number of carbonyl (C=O) groups excluding carboxylic acids is 2. The third-order valence-corrected chi connectivity index (χ3v) is 5.24. The van der Waals surface area contributed by atoms with E-state index in [0.717, 1.165) is 5.56 Å². The Labute approximate surface area is 191 Å². The summed E-state index contributed by atoms with van der Waals surface area (Å²) >= 11 is 1.56. The van der Waals surface area contributed by atoms with Crippen molar-refractivity contribution in [3.63, 3.8) is 0 Å². The third-order valence-electron chi connectivity index (χ3n) is 4.56. The molecular formula is C23H15N7O2S. The van der Waals surface area contributed by atoms with Gasteiger partial charge < -0.3 is 9.97 Å². The van der Waals surface area contributed by atoms with Crippen molar-refractivity contribution in [1.29, 1.82) is 0 Å². The topological polar surface area (TPSA) is 128 Å². The maximum Gasteiger partial charge on any atom is 0.276 e. The van der Waals surface area contributed by atoms with Crippen molar-refractivity contribution in [1.82, 2.24) is 24.9 Å². The van der Waals surface area contributed by atoms with Gasteiger partial charge in [-0.15, -0.1) is 0 Å². The maximum absolute atomic E-state index is 12.7. The first-order valence-electron chi connectivity index (χ1n) is 9.78. The van der Waals surface area contributed by atoms with Crippen LogP contribution in [0.5, 0.6) is 0 Å². The number of thiophene rings is 1. The Morgan fingerprint density at radius 1 is 0.939 bits per heavy atom. The molecule has 33 heavy (non-hydrogen) atoms. The van der Waals surface area contributed by atoms with Gasteiger partial charge in [0.2, 0.25) is 11.9 Å². The van der Waals surface area contributed by atoms with Crippen LogP contribution in [0.2, 0.25) is 0 Å². The fourth-order valence-corrected chi connectivity index (χ4v) is 3.65. The van der Waals surface area contributed by atoms with E-state index in [9.17, 15) is 9.59 Å². The zero-order chi connectivity index (χ0) is 22.6. The minimum atomic E-state index is -0.449. The number of aromatic nitrogens is 5. The maximum atomic E-state index is 12.7. The van der Waals surface area contributed by atoms with Gasteiger partial charge >= 0.3 is 0 Å². The molecule has 4 aromatic heterocycles. The molecule has 4 N–H and O–H groups in total. The number of para-hydroxylation sites is 1. The van der Waals surface area contributed by atoms with Gasteiger partial charge in [-0.25, -0.2) is 15.0 Å². The lowest BCUT2D eigenvalue weighted by molar-refractivity contribution is 0.101. The summed E-state index contributed by atoms with van der Waals surface area (Å²) in [7, 11) is 0. The number of amides is 2. The standard InChI is InChI=1S/C23H15N7O2S/c31-20(29-22-24-10-11-25-22)16-4-2-5-17-19(16)28-23(27-17)30-21(32)18-6-1-3-15(26-18)8-7-14-9-12-33-13-14/h1-6,9-13H,(H2,24,25,29,31)(H2,27,28,30,32). The summed E-state index contributed by atoms with van der Waals surface area (Å²) in [6.07, 6.45) is 3.14. The van der Waals surface area contributed by atoms with Crippen LogP contribution < -0.4 is 10.6 Å². The van der Waals surface area contributed by atoms with E-state index in [1.165, 1.54) is 6.20 Å². The number of carbonyl (C=O) groups is 2. The van der Waals surface area contributed by atoms with Gasteiger partial charge in [0.05, 0.1) is 11.1 Å². The number of hydrogen-bond acceptors (Lipinski definition) is 6. The summed E-state index contributed by atoms with van der Waals surface area (Å²) in [6.45, 7) is 0. The largest absolute Gasteiger partial charge is 0.331 e. The summed E-state index contributed by atoms with van der Waals surface area (Å²) in [6, 6.07) is 12.1. The highest BCUT2D eigenvalue weighted by Gasteiger charge is 2.16. The number of anilines is 2. The summed E-state index contributed by atoms with van der Waals surface area (Å²) in [4.78, 5) is 43.9. The van der Waals surface area contributed by atoms with Crippen molar-refractivity contribution in [3.8, 4) is 11.8 Å². The Morgan fingerprint density at radius 3 is 2.64 bits per heavy atom. The molecule has 5 aromatic rings.